The van der Waals surface area contributed by atoms with Gasteiger partial charge < -0.3 is 0 Å². The normalized spacial score (nSPS) is 32.2. The van der Waals surface area contributed by atoms with Gasteiger partial charge in [-0.25, -0.2) is 0 Å². The smallest absolute Gasteiger partial charge is 0.0311 e. The third kappa shape index (κ3) is 2.02. The third-order valence-corrected chi connectivity index (χ3v) is 3.35. The molecule has 0 saturated heterocycles. The second kappa shape index (κ2) is 3.05. The first kappa shape index (κ1) is 10.1. The van der Waals surface area contributed by atoms with Crippen molar-refractivity contribution < 1.29 is 0 Å². The average Bonchev–Trinajstić information content (AvgIpc) is 2.41. The highest BCUT2D eigenvalue weighted by molar-refractivity contribution is 4.94. The SMILES string of the molecule is CC(C)C(C1CC1C)C(C)(C)C. The van der Waals surface area contributed by atoms with Crippen LogP contribution in [0.15, 0.2) is 0 Å². The lowest BCUT2D eigenvalue weighted by atomic mass is 9.71. The molecule has 0 radical (unpaired) electrons. The van der Waals surface area contributed by atoms with Gasteiger partial charge in [-0.1, -0.05) is 41.5 Å². The Bertz CT molecular complexity index is 150. The molecule has 0 heteroatoms. The first-order valence-corrected chi connectivity index (χ1v) is 5.34. The summed E-state index contributed by atoms with van der Waals surface area (Å²) in [4.78, 5) is 0. The molecule has 1 aliphatic carbocycles. The van der Waals surface area contributed by atoms with Crippen LogP contribution in [0.1, 0.15) is 48.0 Å². The van der Waals surface area contributed by atoms with Crippen molar-refractivity contribution >= 4 is 0 Å². The Morgan fingerprint density at radius 3 is 1.67 bits per heavy atom. The van der Waals surface area contributed by atoms with Crippen LogP contribution in [0.5, 0.6) is 0 Å². The Hall–Kier alpha value is 0. The lowest BCUT2D eigenvalue weighted by Crippen LogP contribution is -2.27. The second-order valence-corrected chi connectivity index (χ2v) is 6.01. The van der Waals surface area contributed by atoms with E-state index in [2.05, 4.69) is 41.5 Å². The van der Waals surface area contributed by atoms with Crippen molar-refractivity contribution in [2.24, 2.45) is 29.1 Å². The van der Waals surface area contributed by atoms with Crippen molar-refractivity contribution in [3.63, 3.8) is 0 Å². The Balaban J connectivity index is 2.63. The molecule has 0 heterocycles. The minimum absolute atomic E-state index is 0.504. The van der Waals surface area contributed by atoms with E-state index in [1.165, 1.54) is 6.42 Å². The van der Waals surface area contributed by atoms with Crippen LogP contribution < -0.4 is 0 Å². The Morgan fingerprint density at radius 1 is 1.17 bits per heavy atom. The quantitative estimate of drug-likeness (QED) is 0.585. The van der Waals surface area contributed by atoms with Crippen molar-refractivity contribution in [2.45, 2.75) is 48.0 Å². The fourth-order valence-electron chi connectivity index (χ4n) is 2.99. The van der Waals surface area contributed by atoms with Crippen molar-refractivity contribution in [3.8, 4) is 0 Å². The highest BCUT2D eigenvalue weighted by Crippen LogP contribution is 2.52. The fourth-order valence-corrected chi connectivity index (χ4v) is 2.99. The van der Waals surface area contributed by atoms with Crippen LogP contribution in [-0.4, -0.2) is 0 Å². The third-order valence-electron chi connectivity index (χ3n) is 3.35. The van der Waals surface area contributed by atoms with Crippen LogP contribution in [0.25, 0.3) is 0 Å². The molecule has 3 unspecified atom stereocenters. The van der Waals surface area contributed by atoms with Crippen molar-refractivity contribution in [3.05, 3.63) is 0 Å². The molecule has 0 N–H and O–H groups in total. The van der Waals surface area contributed by atoms with Gasteiger partial charge in [-0.2, -0.15) is 0 Å². The molecule has 0 spiro atoms. The van der Waals surface area contributed by atoms with Gasteiger partial charge in [0.05, 0.1) is 0 Å². The lowest BCUT2D eigenvalue weighted by Gasteiger charge is -2.34. The second-order valence-electron chi connectivity index (χ2n) is 6.01. The fraction of sp³-hybridized carbons (Fsp3) is 1.00. The number of hydrogen-bond donors (Lipinski definition) is 0. The van der Waals surface area contributed by atoms with Gasteiger partial charge in [-0.15, -0.1) is 0 Å². The number of rotatable bonds is 2. The first-order valence-electron chi connectivity index (χ1n) is 5.34. The predicted octanol–water partition coefficient (Wildman–Crippen LogP) is 3.96. The maximum Gasteiger partial charge on any atom is -0.0311 e. The predicted molar refractivity (Wildman–Crippen MR) is 55.1 cm³/mol. The zero-order valence-corrected chi connectivity index (χ0v) is 9.52. The van der Waals surface area contributed by atoms with Gasteiger partial charge in [-0.05, 0) is 35.5 Å². The van der Waals surface area contributed by atoms with Crippen LogP contribution in [0.3, 0.4) is 0 Å². The average molecular weight is 168 g/mol. The molecule has 0 aromatic rings. The van der Waals surface area contributed by atoms with Gasteiger partial charge >= 0.3 is 0 Å². The zero-order valence-electron chi connectivity index (χ0n) is 9.52. The molecule has 72 valence electrons. The van der Waals surface area contributed by atoms with E-state index in [-0.39, 0.29) is 0 Å². The molecule has 0 aromatic carbocycles. The minimum atomic E-state index is 0.504. The van der Waals surface area contributed by atoms with E-state index in [1.54, 1.807) is 0 Å². The summed E-state index contributed by atoms with van der Waals surface area (Å²) in [5.74, 6) is 3.79. The van der Waals surface area contributed by atoms with Crippen LogP contribution in [0.2, 0.25) is 0 Å². The molecule has 0 amide bonds. The van der Waals surface area contributed by atoms with E-state index in [0.29, 0.717) is 5.41 Å². The maximum atomic E-state index is 2.39. The van der Waals surface area contributed by atoms with Crippen molar-refractivity contribution in [1.82, 2.24) is 0 Å². The van der Waals surface area contributed by atoms with Crippen LogP contribution in [0.4, 0.5) is 0 Å². The van der Waals surface area contributed by atoms with Gasteiger partial charge in [0.2, 0.25) is 0 Å². The molecular weight excluding hydrogens is 144 g/mol. The summed E-state index contributed by atoms with van der Waals surface area (Å²) >= 11 is 0. The first-order chi connectivity index (χ1) is 5.34. The molecule has 12 heavy (non-hydrogen) atoms. The summed E-state index contributed by atoms with van der Waals surface area (Å²) in [7, 11) is 0. The van der Waals surface area contributed by atoms with Crippen LogP contribution >= 0.6 is 0 Å². The van der Waals surface area contributed by atoms with Gasteiger partial charge in [0, 0.05) is 0 Å². The standard InChI is InChI=1S/C12H24/c1-8(2)11(12(4,5)6)10-7-9(10)3/h8-11H,7H2,1-6H3. The molecule has 0 nitrogen and oxygen atoms in total. The van der Waals surface area contributed by atoms with Gasteiger partial charge in [0.15, 0.2) is 0 Å². The van der Waals surface area contributed by atoms with E-state index in [4.69, 9.17) is 0 Å². The van der Waals surface area contributed by atoms with E-state index in [1.807, 2.05) is 0 Å². The molecule has 0 aromatic heterocycles. The Labute approximate surface area is 77.7 Å². The monoisotopic (exact) mass is 168 g/mol. The minimum Gasteiger partial charge on any atom is -0.0625 e. The van der Waals surface area contributed by atoms with E-state index < -0.39 is 0 Å². The zero-order chi connectivity index (χ0) is 9.52. The van der Waals surface area contributed by atoms with E-state index in [9.17, 15) is 0 Å². The largest absolute Gasteiger partial charge is 0.0625 e. The van der Waals surface area contributed by atoms with E-state index in [0.717, 1.165) is 23.7 Å². The summed E-state index contributed by atoms with van der Waals surface area (Å²) in [6, 6.07) is 0. The summed E-state index contributed by atoms with van der Waals surface area (Å²) in [5, 5.41) is 0. The van der Waals surface area contributed by atoms with Gasteiger partial charge in [0.25, 0.3) is 0 Å². The van der Waals surface area contributed by atoms with Crippen molar-refractivity contribution in [1.29, 1.82) is 0 Å². The molecule has 1 rings (SSSR count). The molecule has 1 fully saturated rings. The summed E-state index contributed by atoms with van der Waals surface area (Å²) in [6.07, 6.45) is 1.47. The van der Waals surface area contributed by atoms with Gasteiger partial charge in [0.1, 0.15) is 0 Å². The number of hydrogen-bond acceptors (Lipinski definition) is 0. The summed E-state index contributed by atoms with van der Waals surface area (Å²) < 4.78 is 0. The van der Waals surface area contributed by atoms with Gasteiger partial charge in [-0.3, -0.25) is 0 Å². The van der Waals surface area contributed by atoms with Crippen molar-refractivity contribution in [2.75, 3.05) is 0 Å². The summed E-state index contributed by atoms with van der Waals surface area (Å²) in [6.45, 7) is 14.3. The molecule has 1 saturated carbocycles. The topological polar surface area (TPSA) is 0 Å². The molecule has 3 atom stereocenters. The van der Waals surface area contributed by atoms with Crippen LogP contribution in [-0.2, 0) is 0 Å². The molecule has 1 aliphatic rings. The highest BCUT2D eigenvalue weighted by Gasteiger charge is 2.45. The molecular formula is C12H24. The molecule has 0 bridgehead atoms. The Morgan fingerprint density at radius 2 is 1.58 bits per heavy atom. The highest BCUT2D eigenvalue weighted by atomic mass is 14.5. The van der Waals surface area contributed by atoms with E-state index >= 15 is 0 Å². The van der Waals surface area contributed by atoms with Crippen LogP contribution in [0, 0.1) is 29.1 Å². The Kier molecular flexibility index (Phi) is 2.56. The maximum absolute atomic E-state index is 2.39. The lowest BCUT2D eigenvalue weighted by molar-refractivity contribution is 0.146. The summed E-state index contributed by atoms with van der Waals surface area (Å²) in [5.41, 5.74) is 0.504. The molecule has 0 aliphatic heterocycles.